The maximum Gasteiger partial charge on any atom is 0.437 e. The first-order valence-electron chi connectivity index (χ1n) is 2.19. The molecule has 0 N–H and O–H groups in total. The molecular formula is C3H4FNO4S. The van der Waals surface area contributed by atoms with Gasteiger partial charge in [-0.05, 0) is 0 Å². The van der Waals surface area contributed by atoms with Crippen LogP contribution in [0.25, 0.3) is 0 Å². The molecule has 0 amide bonds. The first-order chi connectivity index (χ1) is 4.56. The van der Waals surface area contributed by atoms with E-state index in [9.17, 15) is 17.1 Å². The molecule has 0 heterocycles. The van der Waals surface area contributed by atoms with Gasteiger partial charge in [0.05, 0.1) is 13.2 Å². The van der Waals surface area contributed by atoms with E-state index in [1.54, 1.807) is 0 Å². The van der Waals surface area contributed by atoms with Crippen LogP contribution in [0.4, 0.5) is 3.89 Å². The Kier molecular flexibility index (Phi) is 3.78. The largest absolute Gasteiger partial charge is 0.437 e. The van der Waals surface area contributed by atoms with Crippen molar-refractivity contribution in [2.24, 2.45) is 4.99 Å². The minimum absolute atomic E-state index is 0.216. The van der Waals surface area contributed by atoms with Crippen molar-refractivity contribution in [3.8, 4) is 0 Å². The monoisotopic (exact) mass is 169 g/mol. The summed E-state index contributed by atoms with van der Waals surface area (Å²) in [5.74, 6) is 0. The highest BCUT2D eigenvalue weighted by Gasteiger charge is 2.04. The third-order valence-electron chi connectivity index (χ3n) is 0.492. The maximum atomic E-state index is 11.4. The lowest BCUT2D eigenvalue weighted by atomic mass is 10.7. The van der Waals surface area contributed by atoms with Crippen LogP contribution in [0.15, 0.2) is 4.99 Å². The summed E-state index contributed by atoms with van der Waals surface area (Å²) in [7, 11) is -4.89. The highest BCUT2D eigenvalue weighted by Crippen LogP contribution is 1.91. The summed E-state index contributed by atoms with van der Waals surface area (Å²) in [6.07, 6.45) is 1.13. The third-order valence-corrected chi connectivity index (χ3v) is 0.940. The Morgan fingerprint density at radius 2 is 2.20 bits per heavy atom. The minimum Gasteiger partial charge on any atom is -0.243 e. The predicted molar refractivity (Wildman–Crippen MR) is 29.0 cm³/mol. The molecular weight excluding hydrogens is 165 g/mol. The van der Waals surface area contributed by atoms with Gasteiger partial charge < -0.3 is 0 Å². The molecule has 0 aliphatic heterocycles. The molecule has 0 aromatic carbocycles. The maximum absolute atomic E-state index is 11.4. The Labute approximate surface area is 56.9 Å². The van der Waals surface area contributed by atoms with E-state index in [1.807, 2.05) is 0 Å². The molecule has 0 bridgehead atoms. The van der Waals surface area contributed by atoms with Crippen LogP contribution < -0.4 is 0 Å². The number of carbonyl (C=O) groups excluding carboxylic acids is 1. The lowest BCUT2D eigenvalue weighted by Crippen LogP contribution is -2.02. The van der Waals surface area contributed by atoms with Crippen molar-refractivity contribution >= 4 is 16.6 Å². The molecule has 0 aromatic rings. The molecule has 10 heavy (non-hydrogen) atoms. The summed E-state index contributed by atoms with van der Waals surface area (Å²) in [6.45, 7) is -0.694. The quantitative estimate of drug-likeness (QED) is 0.247. The smallest absolute Gasteiger partial charge is 0.243 e. The molecule has 0 aliphatic rings. The van der Waals surface area contributed by atoms with Crippen molar-refractivity contribution in [3.05, 3.63) is 0 Å². The summed E-state index contributed by atoms with van der Waals surface area (Å²) >= 11 is 0. The fraction of sp³-hybridized carbons (Fsp3) is 0.667. The van der Waals surface area contributed by atoms with Gasteiger partial charge >= 0.3 is 10.5 Å². The lowest BCUT2D eigenvalue weighted by molar-refractivity contribution is 0.302. The van der Waals surface area contributed by atoms with E-state index in [1.165, 1.54) is 0 Å². The summed E-state index contributed by atoms with van der Waals surface area (Å²) < 4.78 is 34.1. The number of rotatable bonds is 4. The van der Waals surface area contributed by atoms with E-state index in [2.05, 4.69) is 9.18 Å². The third kappa shape index (κ3) is 7.22. The summed E-state index contributed by atoms with van der Waals surface area (Å²) in [4.78, 5) is 12.3. The molecule has 0 radical (unpaired) electrons. The van der Waals surface area contributed by atoms with Gasteiger partial charge in [0.2, 0.25) is 6.08 Å². The molecule has 0 saturated heterocycles. The molecule has 0 saturated carbocycles. The topological polar surface area (TPSA) is 72.8 Å². The van der Waals surface area contributed by atoms with Gasteiger partial charge in [0.15, 0.2) is 0 Å². The van der Waals surface area contributed by atoms with Crippen molar-refractivity contribution in [1.29, 1.82) is 0 Å². The van der Waals surface area contributed by atoms with Gasteiger partial charge in [-0.2, -0.15) is 8.42 Å². The van der Waals surface area contributed by atoms with Crippen LogP contribution in [0.5, 0.6) is 0 Å². The summed E-state index contributed by atoms with van der Waals surface area (Å²) in [6, 6.07) is 0. The summed E-state index contributed by atoms with van der Waals surface area (Å²) in [5, 5.41) is 0. The average molecular weight is 169 g/mol. The van der Waals surface area contributed by atoms with Crippen molar-refractivity contribution in [3.63, 3.8) is 0 Å². The molecule has 5 nitrogen and oxygen atoms in total. The van der Waals surface area contributed by atoms with Gasteiger partial charge in [0.25, 0.3) is 0 Å². The number of isocyanates is 1. The summed E-state index contributed by atoms with van der Waals surface area (Å²) in [5.41, 5.74) is 0. The zero-order valence-corrected chi connectivity index (χ0v) is 5.60. The van der Waals surface area contributed by atoms with Crippen LogP contribution in [-0.2, 0) is 19.5 Å². The van der Waals surface area contributed by atoms with Crippen molar-refractivity contribution in [1.82, 2.24) is 0 Å². The van der Waals surface area contributed by atoms with Crippen molar-refractivity contribution in [2.75, 3.05) is 13.2 Å². The highest BCUT2D eigenvalue weighted by atomic mass is 32.3. The average Bonchev–Trinajstić information content (AvgIpc) is 1.78. The van der Waals surface area contributed by atoms with Crippen LogP contribution in [0.3, 0.4) is 0 Å². The SMILES string of the molecule is O=C=NCCOS(=O)(=O)F. The number of nitrogens with zero attached hydrogens (tertiary/aromatic N) is 1. The van der Waals surface area contributed by atoms with E-state index in [-0.39, 0.29) is 6.54 Å². The molecule has 0 atom stereocenters. The Morgan fingerprint density at radius 1 is 1.60 bits per heavy atom. The zero-order valence-electron chi connectivity index (χ0n) is 4.78. The molecule has 58 valence electrons. The lowest BCUT2D eigenvalue weighted by Gasteiger charge is -1.90. The fourth-order valence-corrected chi connectivity index (χ4v) is 0.502. The number of hydrogen-bond donors (Lipinski definition) is 0. The molecule has 0 rings (SSSR count). The molecule has 0 aromatic heterocycles. The molecule has 7 heteroatoms. The van der Waals surface area contributed by atoms with Gasteiger partial charge in [-0.15, -0.1) is 0 Å². The van der Waals surface area contributed by atoms with Gasteiger partial charge in [-0.25, -0.2) is 14.0 Å². The number of halogens is 1. The Morgan fingerprint density at radius 3 is 2.60 bits per heavy atom. The second-order valence-corrected chi connectivity index (χ2v) is 2.21. The van der Waals surface area contributed by atoms with Gasteiger partial charge in [0, 0.05) is 0 Å². The molecule has 0 unspecified atom stereocenters. The number of aliphatic imine (C=N–C) groups is 1. The van der Waals surface area contributed by atoms with Gasteiger partial charge in [0.1, 0.15) is 0 Å². The van der Waals surface area contributed by atoms with E-state index < -0.39 is 17.1 Å². The normalized spacial score (nSPS) is 10.5. The van der Waals surface area contributed by atoms with Crippen LogP contribution >= 0.6 is 0 Å². The van der Waals surface area contributed by atoms with Crippen LogP contribution in [0, 0.1) is 0 Å². The van der Waals surface area contributed by atoms with E-state index in [0.717, 1.165) is 6.08 Å². The second kappa shape index (κ2) is 4.10. The van der Waals surface area contributed by atoms with Crippen LogP contribution in [0.1, 0.15) is 0 Å². The van der Waals surface area contributed by atoms with E-state index in [0.29, 0.717) is 0 Å². The standard InChI is InChI=1S/C3H4FNO4S/c4-10(7,8)9-2-1-5-3-6/h1-2H2. The fourth-order valence-electron chi connectivity index (χ4n) is 0.228. The van der Waals surface area contributed by atoms with Gasteiger partial charge in [-0.3, -0.25) is 0 Å². The van der Waals surface area contributed by atoms with Crippen molar-refractivity contribution in [2.45, 2.75) is 0 Å². The molecule has 0 aliphatic carbocycles. The minimum atomic E-state index is -4.89. The first kappa shape index (κ1) is 9.22. The molecule has 0 spiro atoms. The Balaban J connectivity index is 3.48. The van der Waals surface area contributed by atoms with Crippen molar-refractivity contribution < 1.29 is 21.3 Å². The molecule has 0 fully saturated rings. The predicted octanol–water partition coefficient (Wildman–Crippen LogP) is -0.447. The first-order valence-corrected chi connectivity index (χ1v) is 3.50. The van der Waals surface area contributed by atoms with E-state index in [4.69, 9.17) is 0 Å². The second-order valence-electron chi connectivity index (χ2n) is 1.19. The van der Waals surface area contributed by atoms with Gasteiger partial charge in [-0.1, -0.05) is 3.89 Å². The number of hydrogen-bond acceptors (Lipinski definition) is 5. The van der Waals surface area contributed by atoms with E-state index >= 15 is 0 Å². The van der Waals surface area contributed by atoms with Crippen LogP contribution in [0.2, 0.25) is 0 Å². The van der Waals surface area contributed by atoms with Crippen LogP contribution in [-0.4, -0.2) is 27.6 Å². The zero-order chi connectivity index (χ0) is 8.04. The highest BCUT2D eigenvalue weighted by molar-refractivity contribution is 7.81. The Bertz CT molecular complexity index is 229. The Hall–Kier alpha value is -0.780.